The minimum atomic E-state index is -0.115. The molecule has 1 atom stereocenters. The van der Waals surface area contributed by atoms with Gasteiger partial charge in [0.1, 0.15) is 5.69 Å². The fourth-order valence-electron chi connectivity index (χ4n) is 3.66. The molecule has 0 spiro atoms. The summed E-state index contributed by atoms with van der Waals surface area (Å²) in [5.41, 5.74) is 3.90. The van der Waals surface area contributed by atoms with Crippen LogP contribution in [0, 0.1) is 12.3 Å². The van der Waals surface area contributed by atoms with Gasteiger partial charge in [0.15, 0.2) is 0 Å². The molecule has 134 valence electrons. The summed E-state index contributed by atoms with van der Waals surface area (Å²) in [6.07, 6.45) is 3.71. The molecule has 2 heterocycles. The summed E-state index contributed by atoms with van der Waals surface area (Å²) < 4.78 is 2.00. The molecule has 1 N–H and O–H groups in total. The molecule has 0 fully saturated rings. The molecule has 4 rings (SSSR count). The van der Waals surface area contributed by atoms with E-state index in [2.05, 4.69) is 41.4 Å². The Morgan fingerprint density at radius 2 is 2.08 bits per heavy atom. The van der Waals surface area contributed by atoms with Crippen LogP contribution < -0.4 is 5.32 Å². The lowest BCUT2D eigenvalue weighted by Crippen LogP contribution is -2.36. The molecular weight excluding hydrogens is 344 g/mol. The first kappa shape index (κ1) is 17.0. The average molecular weight is 366 g/mol. The van der Waals surface area contributed by atoms with Crippen molar-refractivity contribution < 1.29 is 4.79 Å². The van der Waals surface area contributed by atoms with Gasteiger partial charge in [-0.2, -0.15) is 5.10 Å². The van der Waals surface area contributed by atoms with E-state index in [0.29, 0.717) is 5.69 Å². The Balaban J connectivity index is 1.68. The summed E-state index contributed by atoms with van der Waals surface area (Å²) >= 11 is 1.49. The van der Waals surface area contributed by atoms with Gasteiger partial charge in [-0.1, -0.05) is 32.0 Å². The number of hydrogen-bond donors (Lipinski definition) is 1. The standard InChI is InChI=1S/C20H22N4OS/c1-13-22-17(12-26-13)19(25)23-16-9-20(2,3)10-18-15(16)11-21-24(18)14-7-5-4-6-8-14/h4-8,11-12,16H,9-10H2,1-3H3,(H,23,25). The Morgan fingerprint density at radius 3 is 2.77 bits per heavy atom. The minimum absolute atomic E-state index is 0.0549. The first-order valence-electron chi connectivity index (χ1n) is 8.78. The largest absolute Gasteiger partial charge is 0.344 e. The number of thiazole rings is 1. The molecule has 1 aliphatic rings. The van der Waals surface area contributed by atoms with Crippen LogP contribution in [0.15, 0.2) is 41.9 Å². The maximum atomic E-state index is 12.6. The van der Waals surface area contributed by atoms with Crippen molar-refractivity contribution in [3.05, 3.63) is 63.9 Å². The fraction of sp³-hybridized carbons (Fsp3) is 0.350. The zero-order valence-electron chi connectivity index (χ0n) is 15.2. The van der Waals surface area contributed by atoms with Gasteiger partial charge in [0, 0.05) is 10.9 Å². The molecule has 0 saturated heterocycles. The van der Waals surface area contributed by atoms with Crippen LogP contribution in [0.4, 0.5) is 0 Å². The number of rotatable bonds is 3. The molecule has 1 aromatic carbocycles. The number of benzene rings is 1. The molecular formula is C20H22N4OS. The molecule has 0 bridgehead atoms. The molecule has 1 unspecified atom stereocenters. The summed E-state index contributed by atoms with van der Waals surface area (Å²) in [7, 11) is 0. The van der Waals surface area contributed by atoms with Crippen LogP contribution in [0.25, 0.3) is 5.69 Å². The third-order valence-corrected chi connectivity index (χ3v) is 5.61. The summed E-state index contributed by atoms with van der Waals surface area (Å²) in [4.78, 5) is 16.9. The number of para-hydroxylation sites is 1. The normalized spacial score (nSPS) is 18.3. The SMILES string of the molecule is Cc1nc(C(=O)NC2CC(C)(C)Cc3c2cnn3-c2ccccc2)cs1. The van der Waals surface area contributed by atoms with Crippen LogP contribution in [0.1, 0.15) is 53.1 Å². The van der Waals surface area contributed by atoms with Crippen molar-refractivity contribution in [2.75, 3.05) is 0 Å². The van der Waals surface area contributed by atoms with Gasteiger partial charge in [-0.3, -0.25) is 4.79 Å². The van der Waals surface area contributed by atoms with E-state index >= 15 is 0 Å². The minimum Gasteiger partial charge on any atom is -0.344 e. The third-order valence-electron chi connectivity index (χ3n) is 4.84. The van der Waals surface area contributed by atoms with Crippen LogP contribution in [0.2, 0.25) is 0 Å². The van der Waals surface area contributed by atoms with Gasteiger partial charge in [0.25, 0.3) is 5.91 Å². The van der Waals surface area contributed by atoms with Crippen molar-refractivity contribution in [3.63, 3.8) is 0 Å². The highest BCUT2D eigenvalue weighted by Gasteiger charge is 2.36. The van der Waals surface area contributed by atoms with Crippen molar-refractivity contribution >= 4 is 17.2 Å². The van der Waals surface area contributed by atoms with Gasteiger partial charge in [0.05, 0.1) is 28.6 Å². The van der Waals surface area contributed by atoms with E-state index in [1.807, 2.05) is 41.4 Å². The average Bonchev–Trinajstić information content (AvgIpc) is 3.21. The lowest BCUT2D eigenvalue weighted by molar-refractivity contribution is 0.0914. The molecule has 6 heteroatoms. The first-order chi connectivity index (χ1) is 12.4. The number of carbonyl (C=O) groups excluding carboxylic acids is 1. The summed E-state index contributed by atoms with van der Waals surface area (Å²) in [6, 6.07) is 10.1. The highest BCUT2D eigenvalue weighted by molar-refractivity contribution is 7.09. The van der Waals surface area contributed by atoms with Crippen LogP contribution in [-0.4, -0.2) is 20.7 Å². The van der Waals surface area contributed by atoms with Crippen LogP contribution in [0.5, 0.6) is 0 Å². The van der Waals surface area contributed by atoms with Crippen molar-refractivity contribution in [2.45, 2.75) is 39.7 Å². The number of aromatic nitrogens is 3. The van der Waals surface area contributed by atoms with E-state index in [4.69, 9.17) is 0 Å². The van der Waals surface area contributed by atoms with E-state index in [-0.39, 0.29) is 17.4 Å². The molecule has 1 amide bonds. The number of fused-ring (bicyclic) bond motifs is 1. The van der Waals surface area contributed by atoms with E-state index in [9.17, 15) is 4.79 Å². The third kappa shape index (κ3) is 3.17. The molecule has 0 aliphatic heterocycles. The molecule has 26 heavy (non-hydrogen) atoms. The molecule has 1 aliphatic carbocycles. The second kappa shape index (κ2) is 6.36. The second-order valence-electron chi connectivity index (χ2n) is 7.62. The van der Waals surface area contributed by atoms with Crippen molar-refractivity contribution in [1.82, 2.24) is 20.1 Å². The first-order valence-corrected chi connectivity index (χ1v) is 9.66. The summed E-state index contributed by atoms with van der Waals surface area (Å²) in [5, 5.41) is 10.5. The van der Waals surface area contributed by atoms with E-state index in [1.54, 1.807) is 0 Å². The van der Waals surface area contributed by atoms with Crippen LogP contribution in [-0.2, 0) is 6.42 Å². The van der Waals surface area contributed by atoms with Gasteiger partial charge in [0.2, 0.25) is 0 Å². The smallest absolute Gasteiger partial charge is 0.271 e. The molecule has 0 radical (unpaired) electrons. The maximum absolute atomic E-state index is 12.6. The Hall–Kier alpha value is -2.47. The van der Waals surface area contributed by atoms with E-state index in [1.165, 1.54) is 17.0 Å². The Morgan fingerprint density at radius 1 is 1.31 bits per heavy atom. The van der Waals surface area contributed by atoms with E-state index < -0.39 is 0 Å². The Bertz CT molecular complexity index is 942. The van der Waals surface area contributed by atoms with Gasteiger partial charge in [-0.15, -0.1) is 11.3 Å². The predicted molar refractivity (Wildman–Crippen MR) is 103 cm³/mol. The van der Waals surface area contributed by atoms with Gasteiger partial charge in [-0.25, -0.2) is 9.67 Å². The fourth-order valence-corrected chi connectivity index (χ4v) is 4.26. The number of hydrogen-bond acceptors (Lipinski definition) is 4. The van der Waals surface area contributed by atoms with Crippen molar-refractivity contribution in [1.29, 1.82) is 0 Å². The van der Waals surface area contributed by atoms with Crippen molar-refractivity contribution in [2.24, 2.45) is 5.41 Å². The molecule has 2 aromatic heterocycles. The summed E-state index contributed by atoms with van der Waals surface area (Å²) in [6.45, 7) is 6.39. The zero-order chi connectivity index (χ0) is 18.3. The predicted octanol–water partition coefficient (Wildman–Crippen LogP) is 4.08. The quantitative estimate of drug-likeness (QED) is 0.760. The number of nitrogens with zero attached hydrogens (tertiary/aromatic N) is 3. The molecule has 5 nitrogen and oxygen atoms in total. The molecule has 3 aromatic rings. The number of amides is 1. The van der Waals surface area contributed by atoms with Gasteiger partial charge in [-0.05, 0) is 37.3 Å². The van der Waals surface area contributed by atoms with Gasteiger partial charge < -0.3 is 5.32 Å². The van der Waals surface area contributed by atoms with E-state index in [0.717, 1.165) is 29.1 Å². The number of aryl methyl sites for hydroxylation is 1. The second-order valence-corrected chi connectivity index (χ2v) is 8.68. The van der Waals surface area contributed by atoms with Crippen LogP contribution >= 0.6 is 11.3 Å². The van der Waals surface area contributed by atoms with Crippen molar-refractivity contribution in [3.8, 4) is 5.69 Å². The number of carbonyl (C=O) groups is 1. The Labute approximate surface area is 157 Å². The maximum Gasteiger partial charge on any atom is 0.271 e. The number of nitrogens with one attached hydrogen (secondary N) is 1. The lowest BCUT2D eigenvalue weighted by atomic mass is 9.74. The lowest BCUT2D eigenvalue weighted by Gasteiger charge is -2.35. The highest BCUT2D eigenvalue weighted by Crippen LogP contribution is 2.41. The zero-order valence-corrected chi connectivity index (χ0v) is 16.0. The topological polar surface area (TPSA) is 59.8 Å². The summed E-state index contributed by atoms with van der Waals surface area (Å²) in [5.74, 6) is -0.115. The Kier molecular flexibility index (Phi) is 4.15. The highest BCUT2D eigenvalue weighted by atomic mass is 32.1. The monoisotopic (exact) mass is 366 g/mol. The van der Waals surface area contributed by atoms with Gasteiger partial charge >= 0.3 is 0 Å². The van der Waals surface area contributed by atoms with Crippen LogP contribution in [0.3, 0.4) is 0 Å². The molecule has 0 saturated carbocycles.